The number of anilines is 1. The van der Waals surface area contributed by atoms with Gasteiger partial charge in [0.1, 0.15) is 5.75 Å². The second-order valence-corrected chi connectivity index (χ2v) is 8.23. The minimum Gasteiger partial charge on any atom is -0.507 e. The quantitative estimate of drug-likeness (QED) is 0.745. The van der Waals surface area contributed by atoms with Gasteiger partial charge in [-0.1, -0.05) is 12.8 Å². The number of phenols is 1. The molecule has 2 aromatic heterocycles. The van der Waals surface area contributed by atoms with E-state index in [1.165, 1.54) is 32.1 Å². The fraction of sp³-hybridized carbons (Fsp3) is 0.409. The SMILES string of the molecule is CN(c1ccc(-c2ccc(-n3ccnc3)cc2O)nn1)[C@H]1C[C@@H]2CC[C@@H](C2)C1. The fourth-order valence-electron chi connectivity index (χ4n) is 4.94. The predicted octanol–water partition coefficient (Wildman–Crippen LogP) is 4.05. The molecule has 144 valence electrons. The molecule has 2 aliphatic rings. The summed E-state index contributed by atoms with van der Waals surface area (Å²) in [6.45, 7) is 0. The van der Waals surface area contributed by atoms with Crippen molar-refractivity contribution in [2.45, 2.75) is 38.1 Å². The smallest absolute Gasteiger partial charge is 0.151 e. The summed E-state index contributed by atoms with van der Waals surface area (Å²) < 4.78 is 1.85. The molecular formula is C22H25N5O. The molecule has 0 radical (unpaired) electrons. The summed E-state index contributed by atoms with van der Waals surface area (Å²) in [5.74, 6) is 2.88. The number of aromatic hydroxyl groups is 1. The highest BCUT2D eigenvalue weighted by atomic mass is 16.3. The number of imidazole rings is 1. The number of benzene rings is 1. The normalized spacial score (nSPS) is 23.7. The van der Waals surface area contributed by atoms with Crippen molar-refractivity contribution in [3.05, 3.63) is 49.1 Å². The molecule has 5 rings (SSSR count). The third-order valence-corrected chi connectivity index (χ3v) is 6.48. The molecule has 6 nitrogen and oxygen atoms in total. The summed E-state index contributed by atoms with van der Waals surface area (Å²) in [4.78, 5) is 6.34. The Labute approximate surface area is 164 Å². The number of hydrogen-bond acceptors (Lipinski definition) is 5. The average molecular weight is 375 g/mol. The van der Waals surface area contributed by atoms with Crippen LogP contribution >= 0.6 is 0 Å². The first-order valence-corrected chi connectivity index (χ1v) is 10.1. The summed E-state index contributed by atoms with van der Waals surface area (Å²) in [7, 11) is 2.14. The van der Waals surface area contributed by atoms with E-state index in [9.17, 15) is 5.11 Å². The summed E-state index contributed by atoms with van der Waals surface area (Å²) in [6.07, 6.45) is 12.0. The van der Waals surface area contributed by atoms with Crippen molar-refractivity contribution in [2.24, 2.45) is 11.8 Å². The van der Waals surface area contributed by atoms with E-state index in [1.807, 2.05) is 35.0 Å². The predicted molar refractivity (Wildman–Crippen MR) is 109 cm³/mol. The molecule has 1 N–H and O–H groups in total. The fourth-order valence-corrected chi connectivity index (χ4v) is 4.94. The first-order valence-electron chi connectivity index (χ1n) is 10.1. The van der Waals surface area contributed by atoms with Crippen LogP contribution in [0.1, 0.15) is 32.1 Å². The zero-order valence-electron chi connectivity index (χ0n) is 16.1. The number of fused-ring (bicyclic) bond motifs is 2. The molecule has 0 unspecified atom stereocenters. The highest BCUT2D eigenvalue weighted by Crippen LogP contribution is 2.43. The molecule has 3 aromatic rings. The molecule has 3 atom stereocenters. The number of nitrogens with zero attached hydrogens (tertiary/aromatic N) is 5. The highest BCUT2D eigenvalue weighted by Gasteiger charge is 2.36. The molecule has 0 spiro atoms. The Morgan fingerprint density at radius 1 is 1.04 bits per heavy atom. The van der Waals surface area contributed by atoms with Crippen LogP contribution in [0.3, 0.4) is 0 Å². The molecule has 2 bridgehead atoms. The first kappa shape index (κ1) is 17.2. The van der Waals surface area contributed by atoms with Crippen molar-refractivity contribution in [2.75, 3.05) is 11.9 Å². The van der Waals surface area contributed by atoms with Crippen LogP contribution in [-0.2, 0) is 0 Å². The molecule has 0 aliphatic heterocycles. The van der Waals surface area contributed by atoms with Crippen LogP contribution < -0.4 is 4.90 Å². The largest absolute Gasteiger partial charge is 0.507 e. The Hall–Kier alpha value is -2.89. The monoisotopic (exact) mass is 375 g/mol. The van der Waals surface area contributed by atoms with Gasteiger partial charge in [-0.2, -0.15) is 0 Å². The summed E-state index contributed by atoms with van der Waals surface area (Å²) >= 11 is 0. The van der Waals surface area contributed by atoms with Crippen LogP contribution in [0.4, 0.5) is 5.82 Å². The van der Waals surface area contributed by atoms with E-state index in [0.717, 1.165) is 23.3 Å². The highest BCUT2D eigenvalue weighted by molar-refractivity contribution is 5.69. The van der Waals surface area contributed by atoms with Crippen molar-refractivity contribution in [3.63, 3.8) is 0 Å². The Kier molecular flexibility index (Phi) is 4.26. The Bertz CT molecular complexity index is 942. The lowest BCUT2D eigenvalue weighted by Gasteiger charge is -2.35. The zero-order chi connectivity index (χ0) is 19.1. The van der Waals surface area contributed by atoms with Crippen LogP contribution in [0, 0.1) is 11.8 Å². The van der Waals surface area contributed by atoms with E-state index >= 15 is 0 Å². The van der Waals surface area contributed by atoms with E-state index in [2.05, 4.69) is 27.1 Å². The van der Waals surface area contributed by atoms with Crippen molar-refractivity contribution < 1.29 is 5.11 Å². The molecule has 2 heterocycles. The van der Waals surface area contributed by atoms with Gasteiger partial charge < -0.3 is 14.6 Å². The Morgan fingerprint density at radius 3 is 2.50 bits per heavy atom. The molecule has 2 aliphatic carbocycles. The molecule has 2 fully saturated rings. The third-order valence-electron chi connectivity index (χ3n) is 6.48. The van der Waals surface area contributed by atoms with Crippen LogP contribution in [0.15, 0.2) is 49.1 Å². The van der Waals surface area contributed by atoms with Gasteiger partial charge >= 0.3 is 0 Å². The van der Waals surface area contributed by atoms with Crippen molar-refractivity contribution in [1.82, 2.24) is 19.7 Å². The molecule has 0 amide bonds. The van der Waals surface area contributed by atoms with Crippen LogP contribution in [0.5, 0.6) is 5.75 Å². The minimum atomic E-state index is 0.186. The number of hydrogen-bond donors (Lipinski definition) is 1. The number of phenolic OH excluding ortho intramolecular Hbond substituents is 1. The Morgan fingerprint density at radius 2 is 1.86 bits per heavy atom. The van der Waals surface area contributed by atoms with E-state index in [4.69, 9.17) is 0 Å². The second-order valence-electron chi connectivity index (χ2n) is 8.23. The minimum absolute atomic E-state index is 0.186. The maximum absolute atomic E-state index is 10.5. The van der Waals surface area contributed by atoms with Gasteiger partial charge in [-0.3, -0.25) is 0 Å². The van der Waals surface area contributed by atoms with Crippen LogP contribution in [0.25, 0.3) is 16.9 Å². The van der Waals surface area contributed by atoms with Crippen molar-refractivity contribution in [1.29, 1.82) is 0 Å². The van der Waals surface area contributed by atoms with E-state index in [0.29, 0.717) is 17.3 Å². The van der Waals surface area contributed by atoms with Gasteiger partial charge in [-0.05, 0) is 55.4 Å². The standard InChI is InChI=1S/C22H25N5O/c1-26(18-11-15-2-3-16(10-15)12-18)22-7-6-20(24-25-22)19-5-4-17(13-21(19)28)27-9-8-23-14-27/h4-9,13-16,18,28H,2-3,10-12H2,1H3/t15-,16+,18+. The van der Waals surface area contributed by atoms with E-state index in [-0.39, 0.29) is 5.75 Å². The topological polar surface area (TPSA) is 67.1 Å². The van der Waals surface area contributed by atoms with Crippen molar-refractivity contribution >= 4 is 5.82 Å². The lowest BCUT2D eigenvalue weighted by molar-refractivity contribution is 0.312. The van der Waals surface area contributed by atoms with E-state index < -0.39 is 0 Å². The summed E-state index contributed by atoms with van der Waals surface area (Å²) in [5.41, 5.74) is 2.21. The molecule has 0 saturated heterocycles. The van der Waals surface area contributed by atoms with E-state index in [1.54, 1.807) is 18.6 Å². The Balaban J connectivity index is 1.35. The van der Waals surface area contributed by atoms with Crippen LogP contribution in [0.2, 0.25) is 0 Å². The zero-order valence-corrected chi connectivity index (χ0v) is 16.1. The summed E-state index contributed by atoms with van der Waals surface area (Å²) in [6, 6.07) is 10.1. The average Bonchev–Trinajstić information content (AvgIpc) is 3.37. The van der Waals surface area contributed by atoms with Crippen LogP contribution in [-0.4, -0.2) is 37.9 Å². The molecule has 28 heavy (non-hydrogen) atoms. The van der Waals surface area contributed by atoms with Crippen molar-refractivity contribution in [3.8, 4) is 22.7 Å². The lowest BCUT2D eigenvalue weighted by Crippen LogP contribution is -2.37. The van der Waals surface area contributed by atoms with Gasteiger partial charge in [0.15, 0.2) is 5.82 Å². The second kappa shape index (κ2) is 6.93. The van der Waals surface area contributed by atoms with Gasteiger partial charge in [0.05, 0.1) is 17.7 Å². The molecule has 6 heteroatoms. The summed E-state index contributed by atoms with van der Waals surface area (Å²) in [5, 5.41) is 19.3. The first-order chi connectivity index (χ1) is 13.7. The molecular weight excluding hydrogens is 350 g/mol. The molecule has 2 saturated carbocycles. The van der Waals surface area contributed by atoms with Gasteiger partial charge in [0.25, 0.3) is 0 Å². The maximum atomic E-state index is 10.5. The number of aromatic nitrogens is 4. The van der Waals surface area contributed by atoms with Gasteiger partial charge in [0.2, 0.25) is 0 Å². The maximum Gasteiger partial charge on any atom is 0.151 e. The lowest BCUT2D eigenvalue weighted by atomic mass is 9.85. The molecule has 1 aromatic carbocycles. The van der Waals surface area contributed by atoms with Gasteiger partial charge in [-0.15, -0.1) is 10.2 Å². The van der Waals surface area contributed by atoms with Gasteiger partial charge in [-0.25, -0.2) is 4.98 Å². The van der Waals surface area contributed by atoms with Gasteiger partial charge in [0, 0.05) is 37.1 Å². The third kappa shape index (κ3) is 3.13. The number of rotatable bonds is 4.